The number of carbonyl (C=O) groups excluding carboxylic acids is 1. The van der Waals surface area contributed by atoms with Gasteiger partial charge in [0.2, 0.25) is 0 Å². The highest BCUT2D eigenvalue weighted by Gasteiger charge is 2.24. The summed E-state index contributed by atoms with van der Waals surface area (Å²) in [6.07, 6.45) is 0. The molecule has 1 amide bonds. The number of carboxylic acids is 1. The summed E-state index contributed by atoms with van der Waals surface area (Å²) < 4.78 is 11.9. The van der Waals surface area contributed by atoms with Crippen molar-refractivity contribution in [3.05, 3.63) is 34.8 Å². The number of aliphatic carboxylic acids is 1. The molecule has 2 aromatic heterocycles. The number of nitrogens with zero attached hydrogens (tertiary/aromatic N) is 3. The van der Waals surface area contributed by atoms with Crippen molar-refractivity contribution >= 4 is 11.9 Å². The molecule has 0 saturated carbocycles. The van der Waals surface area contributed by atoms with Crippen LogP contribution in [0.15, 0.2) is 16.7 Å². The van der Waals surface area contributed by atoms with Crippen LogP contribution in [0.25, 0.3) is 5.82 Å². The van der Waals surface area contributed by atoms with E-state index in [2.05, 4.69) is 5.16 Å². The first-order chi connectivity index (χ1) is 11.3. The van der Waals surface area contributed by atoms with Gasteiger partial charge >= 0.3 is 5.97 Å². The van der Waals surface area contributed by atoms with Crippen molar-refractivity contribution in [2.45, 2.75) is 20.8 Å². The fourth-order valence-corrected chi connectivity index (χ4v) is 2.58. The molecule has 2 rings (SSSR count). The summed E-state index contributed by atoms with van der Waals surface area (Å²) in [5, 5.41) is 13.0. The second-order valence-electron chi connectivity index (χ2n) is 5.53. The molecule has 0 bridgehead atoms. The topological polar surface area (TPSA) is 97.8 Å². The van der Waals surface area contributed by atoms with Crippen LogP contribution in [-0.2, 0) is 9.53 Å². The summed E-state index contributed by atoms with van der Waals surface area (Å²) in [6.45, 7) is 5.52. The molecule has 0 aliphatic rings. The number of carbonyl (C=O) groups is 2. The van der Waals surface area contributed by atoms with Crippen LogP contribution in [0.4, 0.5) is 0 Å². The van der Waals surface area contributed by atoms with Crippen molar-refractivity contribution in [1.29, 1.82) is 0 Å². The molecule has 0 unspecified atom stereocenters. The minimum absolute atomic E-state index is 0.203. The zero-order chi connectivity index (χ0) is 17.9. The number of rotatable bonds is 7. The molecule has 0 atom stereocenters. The van der Waals surface area contributed by atoms with Crippen molar-refractivity contribution in [1.82, 2.24) is 14.6 Å². The summed E-state index contributed by atoms with van der Waals surface area (Å²) in [4.78, 5) is 25.0. The first-order valence-electron chi connectivity index (χ1n) is 7.47. The minimum Gasteiger partial charge on any atom is -0.480 e. The Kier molecular flexibility index (Phi) is 5.40. The fraction of sp³-hybridized carbons (Fsp3) is 0.438. The summed E-state index contributed by atoms with van der Waals surface area (Å²) in [5.41, 5.74) is 1.93. The maximum Gasteiger partial charge on any atom is 0.323 e. The first-order valence-corrected chi connectivity index (χ1v) is 7.47. The van der Waals surface area contributed by atoms with Crippen LogP contribution >= 0.6 is 0 Å². The van der Waals surface area contributed by atoms with Gasteiger partial charge in [-0.15, -0.1) is 0 Å². The smallest absolute Gasteiger partial charge is 0.323 e. The number of methoxy groups -OCH3 is 1. The van der Waals surface area contributed by atoms with E-state index in [1.165, 1.54) is 12.0 Å². The van der Waals surface area contributed by atoms with Gasteiger partial charge in [-0.1, -0.05) is 5.16 Å². The van der Waals surface area contributed by atoms with Crippen LogP contribution in [0.5, 0.6) is 0 Å². The number of hydrogen-bond acceptors (Lipinski definition) is 5. The Morgan fingerprint density at radius 2 is 2.04 bits per heavy atom. The average molecular weight is 335 g/mol. The van der Waals surface area contributed by atoms with E-state index in [0.717, 1.165) is 5.69 Å². The van der Waals surface area contributed by atoms with E-state index in [-0.39, 0.29) is 25.6 Å². The van der Waals surface area contributed by atoms with Gasteiger partial charge in [0, 0.05) is 31.1 Å². The predicted octanol–water partition coefficient (Wildman–Crippen LogP) is 1.56. The van der Waals surface area contributed by atoms with Crippen LogP contribution in [0, 0.1) is 20.8 Å². The number of hydrogen-bond donors (Lipinski definition) is 1. The van der Waals surface area contributed by atoms with Gasteiger partial charge in [-0.2, -0.15) is 0 Å². The Morgan fingerprint density at radius 3 is 2.58 bits per heavy atom. The molecular weight excluding hydrogens is 314 g/mol. The van der Waals surface area contributed by atoms with Gasteiger partial charge in [0.15, 0.2) is 5.82 Å². The van der Waals surface area contributed by atoms with Crippen LogP contribution in [0.3, 0.4) is 0 Å². The Hall–Kier alpha value is -2.61. The molecule has 1 N–H and O–H groups in total. The third-order valence-electron chi connectivity index (χ3n) is 3.68. The Bertz CT molecular complexity index is 747. The lowest BCUT2D eigenvalue weighted by atomic mass is 10.2. The van der Waals surface area contributed by atoms with E-state index in [1.54, 1.807) is 30.5 Å². The van der Waals surface area contributed by atoms with Crippen LogP contribution in [-0.4, -0.2) is 58.4 Å². The molecule has 0 aliphatic heterocycles. The number of aryl methyl sites for hydroxylation is 2. The Labute approximate surface area is 139 Å². The summed E-state index contributed by atoms with van der Waals surface area (Å²) in [7, 11) is 1.50. The maximum absolute atomic E-state index is 12.8. The number of amides is 1. The van der Waals surface area contributed by atoms with Crippen molar-refractivity contribution in [3.63, 3.8) is 0 Å². The molecule has 0 aromatic carbocycles. The molecule has 2 heterocycles. The molecule has 8 nitrogen and oxygen atoms in total. The van der Waals surface area contributed by atoms with Gasteiger partial charge < -0.3 is 19.3 Å². The summed E-state index contributed by atoms with van der Waals surface area (Å²) in [6, 6.07) is 3.50. The van der Waals surface area contributed by atoms with Gasteiger partial charge in [-0.05, 0) is 26.8 Å². The molecular formula is C16H21N3O5. The standard InChI is InChI=1S/C16H21N3O5/c1-10-7-13(12(3)19(10)14-8-11(2)24-17-14)16(22)18(5-6-23-4)9-15(20)21/h7-8H,5-6,9H2,1-4H3,(H,20,21). The van der Waals surface area contributed by atoms with Crippen molar-refractivity contribution < 1.29 is 24.0 Å². The summed E-state index contributed by atoms with van der Waals surface area (Å²) in [5.74, 6) is -0.171. The van der Waals surface area contributed by atoms with Gasteiger partial charge in [0.1, 0.15) is 12.3 Å². The van der Waals surface area contributed by atoms with Gasteiger partial charge in [0.05, 0.1) is 12.2 Å². The quantitative estimate of drug-likeness (QED) is 0.824. The third kappa shape index (κ3) is 3.65. The predicted molar refractivity (Wildman–Crippen MR) is 85.5 cm³/mol. The Morgan fingerprint density at radius 1 is 1.33 bits per heavy atom. The highest BCUT2D eigenvalue weighted by Crippen LogP contribution is 2.22. The number of ether oxygens (including phenoxy) is 1. The zero-order valence-electron chi connectivity index (χ0n) is 14.2. The van der Waals surface area contributed by atoms with E-state index in [4.69, 9.17) is 14.4 Å². The molecule has 0 fully saturated rings. The molecule has 0 radical (unpaired) electrons. The molecule has 0 saturated heterocycles. The molecule has 130 valence electrons. The van der Waals surface area contributed by atoms with Gasteiger partial charge in [-0.25, -0.2) is 0 Å². The van der Waals surface area contributed by atoms with Gasteiger partial charge in [0.25, 0.3) is 5.91 Å². The lowest BCUT2D eigenvalue weighted by molar-refractivity contribution is -0.137. The monoisotopic (exact) mass is 335 g/mol. The largest absolute Gasteiger partial charge is 0.480 e. The molecule has 2 aromatic rings. The van der Waals surface area contributed by atoms with E-state index in [1.807, 2.05) is 6.92 Å². The highest BCUT2D eigenvalue weighted by molar-refractivity contribution is 5.97. The number of carboxylic acid groups (broad SMARTS) is 1. The second kappa shape index (κ2) is 7.31. The van der Waals surface area contributed by atoms with Crippen molar-refractivity contribution in [3.8, 4) is 5.82 Å². The van der Waals surface area contributed by atoms with E-state index >= 15 is 0 Å². The van der Waals surface area contributed by atoms with Crippen LogP contribution < -0.4 is 0 Å². The van der Waals surface area contributed by atoms with Crippen molar-refractivity contribution in [2.24, 2.45) is 0 Å². The lowest BCUT2D eigenvalue weighted by Crippen LogP contribution is -2.38. The van der Waals surface area contributed by atoms with Crippen LogP contribution in [0.1, 0.15) is 27.5 Å². The molecule has 24 heavy (non-hydrogen) atoms. The van der Waals surface area contributed by atoms with E-state index < -0.39 is 5.97 Å². The Balaban J connectivity index is 2.36. The van der Waals surface area contributed by atoms with Gasteiger partial charge in [-0.3, -0.25) is 14.2 Å². The minimum atomic E-state index is -1.07. The lowest BCUT2D eigenvalue weighted by Gasteiger charge is -2.20. The van der Waals surface area contributed by atoms with E-state index in [0.29, 0.717) is 22.8 Å². The molecule has 8 heteroatoms. The van der Waals surface area contributed by atoms with Crippen molar-refractivity contribution in [2.75, 3.05) is 26.8 Å². The van der Waals surface area contributed by atoms with E-state index in [9.17, 15) is 9.59 Å². The first kappa shape index (κ1) is 17.7. The SMILES string of the molecule is COCCN(CC(=O)O)C(=O)c1cc(C)n(-c2cc(C)on2)c1C. The zero-order valence-corrected chi connectivity index (χ0v) is 14.2. The average Bonchev–Trinajstić information content (AvgIpc) is 3.05. The normalized spacial score (nSPS) is 10.8. The second-order valence-corrected chi connectivity index (χ2v) is 5.53. The summed E-state index contributed by atoms with van der Waals surface area (Å²) >= 11 is 0. The highest BCUT2D eigenvalue weighted by atomic mass is 16.5. The third-order valence-corrected chi connectivity index (χ3v) is 3.68. The van der Waals surface area contributed by atoms with Crippen LogP contribution in [0.2, 0.25) is 0 Å². The number of aromatic nitrogens is 2. The molecule has 0 spiro atoms. The molecule has 0 aliphatic carbocycles. The fourth-order valence-electron chi connectivity index (χ4n) is 2.58. The maximum atomic E-state index is 12.8.